The lowest BCUT2D eigenvalue weighted by Crippen LogP contribution is -2.13. The standard InChI is InChI=1S/C8H12N4O2S2/c1-16(13,14)5-4-15-8-11-3-2-6(12-8)7(9)10/h2-3H,4-5H2,1H3,(H3,9,10). The highest BCUT2D eigenvalue weighted by atomic mass is 32.2. The summed E-state index contributed by atoms with van der Waals surface area (Å²) in [6.45, 7) is 0. The van der Waals surface area contributed by atoms with Crippen molar-refractivity contribution in [2.24, 2.45) is 5.73 Å². The van der Waals surface area contributed by atoms with Crippen molar-refractivity contribution in [3.05, 3.63) is 18.0 Å². The second-order valence-electron chi connectivity index (χ2n) is 3.12. The maximum atomic E-state index is 10.9. The molecule has 0 aliphatic rings. The Bertz CT molecular complexity index is 487. The summed E-state index contributed by atoms with van der Waals surface area (Å²) in [5.74, 6) is 0.332. The number of thioether (sulfide) groups is 1. The largest absolute Gasteiger partial charge is 0.382 e. The molecule has 0 bridgehead atoms. The summed E-state index contributed by atoms with van der Waals surface area (Å²) in [5, 5.41) is 7.62. The number of nitrogens with one attached hydrogen (secondary N) is 1. The van der Waals surface area contributed by atoms with Crippen molar-refractivity contribution in [3.63, 3.8) is 0 Å². The topological polar surface area (TPSA) is 110 Å². The molecule has 3 N–H and O–H groups in total. The second kappa shape index (κ2) is 5.26. The summed E-state index contributed by atoms with van der Waals surface area (Å²) in [6, 6.07) is 1.53. The van der Waals surface area contributed by atoms with Gasteiger partial charge in [-0.1, -0.05) is 11.8 Å². The minimum absolute atomic E-state index is 0.0747. The van der Waals surface area contributed by atoms with E-state index in [0.717, 1.165) is 0 Å². The van der Waals surface area contributed by atoms with Crippen LogP contribution in [0.5, 0.6) is 0 Å². The number of amidine groups is 1. The van der Waals surface area contributed by atoms with E-state index in [1.165, 1.54) is 30.3 Å². The maximum absolute atomic E-state index is 10.9. The predicted molar refractivity (Wildman–Crippen MR) is 63.5 cm³/mol. The SMILES string of the molecule is CS(=O)(=O)CCSc1nccc(C(=N)N)n1. The molecule has 0 unspecified atom stereocenters. The Morgan fingerprint density at radius 2 is 2.31 bits per heavy atom. The number of aromatic nitrogens is 2. The molecule has 16 heavy (non-hydrogen) atoms. The van der Waals surface area contributed by atoms with E-state index in [9.17, 15) is 8.42 Å². The Balaban J connectivity index is 2.61. The molecule has 1 aromatic heterocycles. The van der Waals surface area contributed by atoms with Crippen LogP contribution in [0.15, 0.2) is 17.4 Å². The van der Waals surface area contributed by atoms with Crippen molar-refractivity contribution < 1.29 is 8.42 Å². The molecule has 0 fully saturated rings. The minimum atomic E-state index is -2.96. The molecule has 0 aromatic carbocycles. The fourth-order valence-electron chi connectivity index (χ4n) is 0.845. The summed E-state index contributed by atoms with van der Waals surface area (Å²) < 4.78 is 21.8. The van der Waals surface area contributed by atoms with Crippen molar-refractivity contribution in [2.45, 2.75) is 5.16 Å². The van der Waals surface area contributed by atoms with Gasteiger partial charge in [0.2, 0.25) is 0 Å². The molecule has 0 radical (unpaired) electrons. The summed E-state index contributed by atoms with van der Waals surface area (Å²) in [7, 11) is -2.96. The third kappa shape index (κ3) is 4.58. The van der Waals surface area contributed by atoms with Gasteiger partial charge in [0.05, 0.1) is 5.75 Å². The van der Waals surface area contributed by atoms with Crippen LogP contribution in [-0.4, -0.2) is 42.0 Å². The fraction of sp³-hybridized carbons (Fsp3) is 0.375. The Labute approximate surface area is 98.1 Å². The molecule has 88 valence electrons. The first-order chi connectivity index (χ1) is 7.38. The van der Waals surface area contributed by atoms with E-state index in [0.29, 0.717) is 16.6 Å². The zero-order chi connectivity index (χ0) is 12.2. The molecule has 8 heteroatoms. The Kier molecular flexibility index (Phi) is 4.25. The van der Waals surface area contributed by atoms with Crippen LogP contribution in [0.3, 0.4) is 0 Å². The van der Waals surface area contributed by atoms with Gasteiger partial charge in [0.25, 0.3) is 0 Å². The van der Waals surface area contributed by atoms with Crippen molar-refractivity contribution in [3.8, 4) is 0 Å². The van der Waals surface area contributed by atoms with Crippen LogP contribution in [0.1, 0.15) is 5.69 Å². The molecule has 6 nitrogen and oxygen atoms in total. The van der Waals surface area contributed by atoms with E-state index in [1.807, 2.05) is 0 Å². The molecule has 1 aromatic rings. The van der Waals surface area contributed by atoms with Crippen LogP contribution in [0.4, 0.5) is 0 Å². The molecular weight excluding hydrogens is 248 g/mol. The van der Waals surface area contributed by atoms with E-state index in [2.05, 4.69) is 9.97 Å². The van der Waals surface area contributed by atoms with Gasteiger partial charge in [0.15, 0.2) is 5.16 Å². The molecule has 0 saturated carbocycles. The summed E-state index contributed by atoms with van der Waals surface area (Å²) in [4.78, 5) is 7.95. The first kappa shape index (κ1) is 12.9. The highest BCUT2D eigenvalue weighted by molar-refractivity contribution is 8.00. The molecule has 0 atom stereocenters. The van der Waals surface area contributed by atoms with Crippen LogP contribution in [0.25, 0.3) is 0 Å². The predicted octanol–water partition coefficient (Wildman–Crippen LogP) is -0.103. The van der Waals surface area contributed by atoms with Gasteiger partial charge in [-0.3, -0.25) is 5.41 Å². The fourth-order valence-corrected chi connectivity index (χ4v) is 2.87. The van der Waals surface area contributed by atoms with Crippen molar-refractivity contribution in [2.75, 3.05) is 17.8 Å². The number of rotatable bonds is 5. The highest BCUT2D eigenvalue weighted by Gasteiger charge is 2.05. The monoisotopic (exact) mass is 260 g/mol. The van der Waals surface area contributed by atoms with Gasteiger partial charge >= 0.3 is 0 Å². The van der Waals surface area contributed by atoms with Gasteiger partial charge in [-0.25, -0.2) is 18.4 Å². The van der Waals surface area contributed by atoms with Crippen LogP contribution < -0.4 is 5.73 Å². The van der Waals surface area contributed by atoms with E-state index < -0.39 is 9.84 Å². The molecule has 0 saturated heterocycles. The summed E-state index contributed by atoms with van der Waals surface area (Å²) >= 11 is 1.23. The highest BCUT2D eigenvalue weighted by Crippen LogP contribution is 2.12. The molecule has 0 aliphatic carbocycles. The second-order valence-corrected chi connectivity index (χ2v) is 6.44. The third-order valence-corrected chi connectivity index (χ3v) is 3.66. The van der Waals surface area contributed by atoms with Crippen molar-refractivity contribution in [1.82, 2.24) is 9.97 Å². The Hall–Kier alpha value is -1.15. The lowest BCUT2D eigenvalue weighted by atomic mass is 10.4. The van der Waals surface area contributed by atoms with Crippen molar-refractivity contribution >= 4 is 27.4 Å². The normalized spacial score (nSPS) is 11.3. The first-order valence-electron chi connectivity index (χ1n) is 4.36. The number of sulfone groups is 1. The van der Waals surface area contributed by atoms with Gasteiger partial charge in [-0.15, -0.1) is 0 Å². The number of nitrogens with two attached hydrogens (primary N) is 1. The van der Waals surface area contributed by atoms with Gasteiger partial charge in [-0.2, -0.15) is 0 Å². The first-order valence-corrected chi connectivity index (χ1v) is 7.41. The molecule has 1 rings (SSSR count). The number of nitrogens with zero attached hydrogens (tertiary/aromatic N) is 2. The average molecular weight is 260 g/mol. The maximum Gasteiger partial charge on any atom is 0.188 e. The van der Waals surface area contributed by atoms with Gasteiger partial charge in [0, 0.05) is 18.2 Å². The molecule has 0 aliphatic heterocycles. The lowest BCUT2D eigenvalue weighted by Gasteiger charge is -2.01. The number of hydrogen-bond donors (Lipinski definition) is 2. The molecule has 0 spiro atoms. The molecular formula is C8H12N4O2S2. The Morgan fingerprint density at radius 1 is 1.62 bits per heavy atom. The quantitative estimate of drug-likeness (QED) is 0.331. The van der Waals surface area contributed by atoms with E-state index >= 15 is 0 Å². The van der Waals surface area contributed by atoms with Gasteiger partial charge in [0.1, 0.15) is 21.4 Å². The van der Waals surface area contributed by atoms with E-state index in [-0.39, 0.29) is 11.6 Å². The minimum Gasteiger partial charge on any atom is -0.382 e. The number of nitrogen functional groups attached to an aromatic ring is 1. The van der Waals surface area contributed by atoms with Gasteiger partial charge in [-0.05, 0) is 6.07 Å². The van der Waals surface area contributed by atoms with Crippen LogP contribution in [-0.2, 0) is 9.84 Å². The molecule has 1 heterocycles. The van der Waals surface area contributed by atoms with Gasteiger partial charge < -0.3 is 5.73 Å². The van der Waals surface area contributed by atoms with E-state index in [1.54, 1.807) is 0 Å². The van der Waals surface area contributed by atoms with Crippen LogP contribution >= 0.6 is 11.8 Å². The van der Waals surface area contributed by atoms with Crippen molar-refractivity contribution in [1.29, 1.82) is 5.41 Å². The smallest absolute Gasteiger partial charge is 0.188 e. The van der Waals surface area contributed by atoms with Crippen LogP contribution in [0.2, 0.25) is 0 Å². The summed E-state index contributed by atoms with van der Waals surface area (Å²) in [5.41, 5.74) is 5.61. The average Bonchev–Trinajstić information content (AvgIpc) is 2.16. The number of hydrogen-bond acceptors (Lipinski definition) is 6. The third-order valence-electron chi connectivity index (χ3n) is 1.59. The van der Waals surface area contributed by atoms with Crippen LogP contribution in [0, 0.1) is 5.41 Å². The zero-order valence-electron chi connectivity index (χ0n) is 8.67. The molecule has 0 amide bonds. The summed E-state index contributed by atoms with van der Waals surface area (Å²) in [6.07, 6.45) is 2.67. The Morgan fingerprint density at radius 3 is 2.88 bits per heavy atom. The zero-order valence-corrected chi connectivity index (χ0v) is 10.3. The lowest BCUT2D eigenvalue weighted by molar-refractivity contribution is 0.603. The van der Waals surface area contributed by atoms with E-state index in [4.69, 9.17) is 11.1 Å².